The van der Waals surface area contributed by atoms with E-state index >= 15 is 0 Å². The molecule has 7 heavy (non-hydrogen) atoms. The zero-order valence-corrected chi connectivity index (χ0v) is 6.58. The minimum atomic E-state index is 0. The Morgan fingerprint density at radius 3 is 2.29 bits per heavy atom. The van der Waals surface area contributed by atoms with E-state index in [9.17, 15) is 0 Å². The van der Waals surface area contributed by atoms with Gasteiger partial charge in [-0.3, -0.25) is 0 Å². The summed E-state index contributed by atoms with van der Waals surface area (Å²) in [7, 11) is 0. The molecule has 0 aromatic carbocycles. The fourth-order valence-corrected chi connectivity index (χ4v) is 0.589. The van der Waals surface area contributed by atoms with Crippen molar-refractivity contribution in [2.24, 2.45) is 0 Å². The van der Waals surface area contributed by atoms with Crippen LogP contribution in [-0.2, 0) is 0 Å². The number of hydrogen-bond acceptors (Lipinski definition) is 1. The SMILES string of the molecule is Br.[Li+].[c-]1cccs1. The van der Waals surface area contributed by atoms with Gasteiger partial charge in [0.2, 0.25) is 0 Å². The van der Waals surface area contributed by atoms with E-state index in [1.807, 2.05) is 17.5 Å². The maximum Gasteiger partial charge on any atom is 1.00 e. The molecule has 0 saturated heterocycles. The van der Waals surface area contributed by atoms with Gasteiger partial charge in [0.25, 0.3) is 0 Å². The summed E-state index contributed by atoms with van der Waals surface area (Å²) in [5.41, 5.74) is 0. The minimum Gasteiger partial charge on any atom is -0.304 e. The van der Waals surface area contributed by atoms with Crippen LogP contribution in [0.3, 0.4) is 0 Å². The Morgan fingerprint density at radius 2 is 2.14 bits per heavy atom. The first kappa shape index (κ1) is 10.7. The third-order valence-electron chi connectivity index (χ3n) is 0.379. The van der Waals surface area contributed by atoms with Crippen LogP contribution in [-0.4, -0.2) is 0 Å². The molecule has 0 aliphatic carbocycles. The number of halogens is 1. The van der Waals surface area contributed by atoms with Gasteiger partial charge in [-0.05, 0) is 0 Å². The summed E-state index contributed by atoms with van der Waals surface area (Å²) in [6, 6.07) is 3.86. The van der Waals surface area contributed by atoms with Crippen LogP contribution in [0.15, 0.2) is 17.5 Å². The van der Waals surface area contributed by atoms with E-state index in [0.717, 1.165) is 0 Å². The molecule has 0 amide bonds. The zero-order valence-electron chi connectivity index (χ0n) is 4.05. The molecule has 0 aliphatic rings. The third kappa shape index (κ3) is 4.63. The second-order valence-electron chi connectivity index (χ2n) is 0.731. The molecule has 34 valence electrons. The Hall–Kier alpha value is 0.777. The molecule has 0 radical (unpaired) electrons. The summed E-state index contributed by atoms with van der Waals surface area (Å²) in [6.07, 6.45) is 0. The Balaban J connectivity index is 0. The van der Waals surface area contributed by atoms with E-state index in [-0.39, 0.29) is 35.8 Å². The molecule has 0 atom stereocenters. The van der Waals surface area contributed by atoms with Crippen molar-refractivity contribution in [1.29, 1.82) is 0 Å². The second-order valence-corrected chi connectivity index (χ2v) is 1.47. The Kier molecular flexibility index (Phi) is 10.4. The molecule has 0 N–H and O–H groups in total. The van der Waals surface area contributed by atoms with Gasteiger partial charge >= 0.3 is 18.9 Å². The molecule has 1 aromatic rings. The van der Waals surface area contributed by atoms with Crippen LogP contribution in [0.1, 0.15) is 0 Å². The van der Waals surface area contributed by atoms with Gasteiger partial charge in [0.05, 0.1) is 0 Å². The number of rotatable bonds is 0. The molecule has 3 heteroatoms. The Labute approximate surface area is 69.9 Å². The standard InChI is InChI=1S/C4H3S.BrH.Li/c1-2-4-5-3-1;;/h1-3H;1H;/q-1;;+1. The van der Waals surface area contributed by atoms with Gasteiger partial charge in [0.15, 0.2) is 0 Å². The van der Waals surface area contributed by atoms with Crippen molar-refractivity contribution in [1.82, 2.24) is 0 Å². The molecule has 1 aromatic heterocycles. The maximum atomic E-state index is 2.90. The summed E-state index contributed by atoms with van der Waals surface area (Å²) in [5, 5.41) is 4.89. The van der Waals surface area contributed by atoms with E-state index < -0.39 is 0 Å². The molecule has 0 spiro atoms. The summed E-state index contributed by atoms with van der Waals surface area (Å²) < 4.78 is 0. The van der Waals surface area contributed by atoms with Crippen LogP contribution in [0, 0.1) is 5.38 Å². The van der Waals surface area contributed by atoms with Crippen molar-refractivity contribution < 1.29 is 18.9 Å². The van der Waals surface area contributed by atoms with Crippen LogP contribution < -0.4 is 18.9 Å². The Morgan fingerprint density at radius 1 is 1.43 bits per heavy atom. The summed E-state index contributed by atoms with van der Waals surface area (Å²) in [6.45, 7) is 0. The van der Waals surface area contributed by atoms with Gasteiger partial charge < -0.3 is 11.3 Å². The van der Waals surface area contributed by atoms with Gasteiger partial charge in [-0.1, -0.05) is 0 Å². The molecule has 0 unspecified atom stereocenters. The molecular formula is C4H4BrLiS. The molecule has 0 saturated carbocycles. The summed E-state index contributed by atoms with van der Waals surface area (Å²) >= 11 is 1.59. The number of thiophene rings is 1. The maximum absolute atomic E-state index is 2.90. The first-order chi connectivity index (χ1) is 2.50. The first-order valence-electron chi connectivity index (χ1n) is 1.40. The van der Waals surface area contributed by atoms with Crippen LogP contribution in [0.4, 0.5) is 0 Å². The molecule has 0 aliphatic heterocycles. The van der Waals surface area contributed by atoms with E-state index in [0.29, 0.717) is 0 Å². The van der Waals surface area contributed by atoms with E-state index in [1.165, 1.54) is 0 Å². The molecule has 1 heterocycles. The topological polar surface area (TPSA) is 0 Å². The normalized spacial score (nSPS) is 5.71. The van der Waals surface area contributed by atoms with Crippen molar-refractivity contribution >= 4 is 28.3 Å². The van der Waals surface area contributed by atoms with Gasteiger partial charge in [0.1, 0.15) is 0 Å². The molecule has 0 nitrogen and oxygen atoms in total. The second kappa shape index (κ2) is 6.78. The fourth-order valence-electron chi connectivity index (χ4n) is 0.196. The number of hydrogen-bond donors (Lipinski definition) is 0. The van der Waals surface area contributed by atoms with Crippen LogP contribution in [0.5, 0.6) is 0 Å². The van der Waals surface area contributed by atoms with Crippen molar-refractivity contribution in [3.8, 4) is 0 Å². The van der Waals surface area contributed by atoms with Gasteiger partial charge in [-0.25, -0.2) is 6.07 Å². The fraction of sp³-hybridized carbons (Fsp3) is 0. The van der Waals surface area contributed by atoms with E-state index in [4.69, 9.17) is 0 Å². The monoisotopic (exact) mass is 170 g/mol. The minimum absolute atomic E-state index is 0. The van der Waals surface area contributed by atoms with Crippen LogP contribution in [0.25, 0.3) is 0 Å². The molecular weight excluding hydrogens is 167 g/mol. The molecule has 0 fully saturated rings. The largest absolute Gasteiger partial charge is 1.00 e. The van der Waals surface area contributed by atoms with Crippen molar-refractivity contribution in [2.45, 2.75) is 0 Å². The average Bonchev–Trinajstić information content (AvgIpc) is 1.76. The third-order valence-corrected chi connectivity index (χ3v) is 0.944. The molecule has 1 rings (SSSR count). The molecule has 0 bridgehead atoms. The van der Waals surface area contributed by atoms with Gasteiger partial charge in [-0.2, -0.15) is 11.4 Å². The van der Waals surface area contributed by atoms with Crippen molar-refractivity contribution in [3.05, 3.63) is 22.9 Å². The zero-order chi connectivity index (χ0) is 3.54. The van der Waals surface area contributed by atoms with Gasteiger partial charge in [-0.15, -0.1) is 22.4 Å². The smallest absolute Gasteiger partial charge is 0.304 e. The van der Waals surface area contributed by atoms with E-state index in [2.05, 4.69) is 5.38 Å². The summed E-state index contributed by atoms with van der Waals surface area (Å²) in [5.74, 6) is 0. The quantitative estimate of drug-likeness (QED) is 0.351. The van der Waals surface area contributed by atoms with Gasteiger partial charge in [0, 0.05) is 0 Å². The predicted molar refractivity (Wildman–Crippen MR) is 33.5 cm³/mol. The van der Waals surface area contributed by atoms with Crippen molar-refractivity contribution in [2.75, 3.05) is 0 Å². The van der Waals surface area contributed by atoms with Crippen LogP contribution in [0.2, 0.25) is 0 Å². The van der Waals surface area contributed by atoms with Crippen molar-refractivity contribution in [3.63, 3.8) is 0 Å². The average molecular weight is 171 g/mol. The predicted octanol–water partition coefficient (Wildman–Crippen LogP) is -0.870. The summed E-state index contributed by atoms with van der Waals surface area (Å²) in [4.78, 5) is 0. The Bertz CT molecular complexity index is 68.2. The van der Waals surface area contributed by atoms with E-state index in [1.54, 1.807) is 11.3 Å². The van der Waals surface area contributed by atoms with Crippen LogP contribution >= 0.6 is 28.3 Å². The first-order valence-corrected chi connectivity index (χ1v) is 2.27.